The summed E-state index contributed by atoms with van der Waals surface area (Å²) >= 11 is 5.97. The van der Waals surface area contributed by atoms with Crippen LogP contribution in [0, 0.1) is 0 Å². The number of nitrogens with zero attached hydrogens (tertiary/aromatic N) is 3. The molecule has 0 saturated carbocycles. The Morgan fingerprint density at radius 2 is 1.55 bits per heavy atom. The molecule has 4 nitrogen and oxygen atoms in total. The number of hydrogen-bond donors (Lipinski definition) is 0. The van der Waals surface area contributed by atoms with E-state index in [1.54, 1.807) is 0 Å². The maximum atomic E-state index is 5.97. The molecule has 0 aliphatic carbocycles. The van der Waals surface area contributed by atoms with Gasteiger partial charge in [0.25, 0.3) is 0 Å². The predicted molar refractivity (Wildman–Crippen MR) is 119 cm³/mol. The molecule has 0 unspecified atom stereocenters. The molecular formula is C24H24ClN3O. The van der Waals surface area contributed by atoms with Crippen molar-refractivity contribution in [2.75, 3.05) is 26.2 Å². The largest absolute Gasteiger partial charge is 0.457 e. The third-order valence-corrected chi connectivity index (χ3v) is 5.13. The van der Waals surface area contributed by atoms with Crippen molar-refractivity contribution in [2.45, 2.75) is 6.54 Å². The molecule has 0 atom stereocenters. The minimum absolute atomic E-state index is 0.783. The van der Waals surface area contributed by atoms with Gasteiger partial charge in [-0.3, -0.25) is 9.91 Å². The Bertz CT molecular complexity index is 936. The number of benzene rings is 3. The highest BCUT2D eigenvalue weighted by Gasteiger charge is 2.15. The topological polar surface area (TPSA) is 28.1 Å². The Kier molecular flexibility index (Phi) is 6.45. The Labute approximate surface area is 177 Å². The van der Waals surface area contributed by atoms with E-state index in [-0.39, 0.29) is 0 Å². The van der Waals surface area contributed by atoms with Gasteiger partial charge < -0.3 is 4.74 Å². The van der Waals surface area contributed by atoms with E-state index in [0.29, 0.717) is 0 Å². The van der Waals surface area contributed by atoms with Crippen LogP contribution in [0.5, 0.6) is 11.5 Å². The van der Waals surface area contributed by atoms with E-state index in [0.717, 1.165) is 54.8 Å². The van der Waals surface area contributed by atoms with Gasteiger partial charge in [-0.25, -0.2) is 0 Å². The average molecular weight is 406 g/mol. The van der Waals surface area contributed by atoms with Crippen LogP contribution in [0.2, 0.25) is 5.02 Å². The summed E-state index contributed by atoms with van der Waals surface area (Å²) in [6.07, 6.45) is 1.91. The third kappa shape index (κ3) is 5.83. The molecule has 148 valence electrons. The molecule has 0 aromatic heterocycles. The number of hydrazone groups is 1. The Hall–Kier alpha value is -2.82. The van der Waals surface area contributed by atoms with Crippen LogP contribution in [0.3, 0.4) is 0 Å². The number of piperazine rings is 1. The fraction of sp³-hybridized carbons (Fsp3) is 0.208. The molecule has 1 saturated heterocycles. The summed E-state index contributed by atoms with van der Waals surface area (Å²) in [5, 5.41) is 7.57. The molecule has 0 N–H and O–H groups in total. The molecule has 0 radical (unpaired) electrons. The van der Waals surface area contributed by atoms with E-state index in [1.165, 1.54) is 5.56 Å². The first-order chi connectivity index (χ1) is 14.2. The molecule has 1 aliphatic heterocycles. The molecule has 29 heavy (non-hydrogen) atoms. The first-order valence-corrected chi connectivity index (χ1v) is 10.2. The fourth-order valence-corrected chi connectivity index (χ4v) is 3.42. The summed E-state index contributed by atoms with van der Waals surface area (Å²) in [6.45, 7) is 4.79. The van der Waals surface area contributed by atoms with Crippen LogP contribution in [0.25, 0.3) is 0 Å². The quantitative estimate of drug-likeness (QED) is 0.522. The molecule has 0 bridgehead atoms. The van der Waals surface area contributed by atoms with Gasteiger partial charge in [-0.1, -0.05) is 54.1 Å². The summed E-state index contributed by atoms with van der Waals surface area (Å²) in [7, 11) is 0. The van der Waals surface area contributed by atoms with Crippen molar-refractivity contribution in [2.24, 2.45) is 5.10 Å². The molecule has 3 aromatic rings. The SMILES string of the molecule is Clc1ccc(CN2CCN(N=Cc3cccc(Oc4ccccc4)c3)CC2)cc1. The maximum absolute atomic E-state index is 5.97. The van der Waals surface area contributed by atoms with Gasteiger partial charge in [-0.2, -0.15) is 5.10 Å². The predicted octanol–water partition coefficient (Wildman–Crippen LogP) is 5.28. The minimum Gasteiger partial charge on any atom is -0.457 e. The van der Waals surface area contributed by atoms with E-state index >= 15 is 0 Å². The summed E-state index contributed by atoms with van der Waals surface area (Å²) in [6, 6.07) is 25.9. The first kappa shape index (κ1) is 19.5. The number of ether oxygens (including phenoxy) is 1. The Morgan fingerprint density at radius 3 is 2.31 bits per heavy atom. The highest BCUT2D eigenvalue weighted by Crippen LogP contribution is 2.21. The molecule has 5 heteroatoms. The molecule has 0 spiro atoms. The molecule has 4 rings (SSSR count). The van der Waals surface area contributed by atoms with Gasteiger partial charge in [0.05, 0.1) is 6.21 Å². The van der Waals surface area contributed by atoms with Gasteiger partial charge in [0, 0.05) is 37.7 Å². The lowest BCUT2D eigenvalue weighted by atomic mass is 10.2. The van der Waals surface area contributed by atoms with Crippen LogP contribution in [-0.2, 0) is 6.54 Å². The number of rotatable bonds is 6. The lowest BCUT2D eigenvalue weighted by molar-refractivity contribution is 0.131. The second-order valence-corrected chi connectivity index (χ2v) is 7.52. The van der Waals surface area contributed by atoms with Crippen LogP contribution >= 0.6 is 11.6 Å². The monoisotopic (exact) mass is 405 g/mol. The highest BCUT2D eigenvalue weighted by atomic mass is 35.5. The van der Waals surface area contributed by atoms with Crippen LogP contribution in [0.1, 0.15) is 11.1 Å². The van der Waals surface area contributed by atoms with Gasteiger partial charge in [-0.05, 0) is 47.5 Å². The Balaban J connectivity index is 1.29. The summed E-state index contributed by atoms with van der Waals surface area (Å²) in [5.74, 6) is 1.64. The van der Waals surface area contributed by atoms with E-state index in [2.05, 4.69) is 27.1 Å². The fourth-order valence-electron chi connectivity index (χ4n) is 3.29. The molecule has 1 fully saturated rings. The van der Waals surface area contributed by atoms with Crippen LogP contribution in [0.15, 0.2) is 84.0 Å². The van der Waals surface area contributed by atoms with Crippen molar-refractivity contribution < 1.29 is 4.74 Å². The average Bonchev–Trinajstić information content (AvgIpc) is 2.76. The summed E-state index contributed by atoms with van der Waals surface area (Å²) < 4.78 is 5.90. The number of hydrogen-bond acceptors (Lipinski definition) is 4. The second-order valence-electron chi connectivity index (χ2n) is 7.09. The van der Waals surface area contributed by atoms with E-state index in [4.69, 9.17) is 16.3 Å². The van der Waals surface area contributed by atoms with E-state index < -0.39 is 0 Å². The smallest absolute Gasteiger partial charge is 0.128 e. The first-order valence-electron chi connectivity index (χ1n) is 9.83. The van der Waals surface area contributed by atoms with Crippen LogP contribution < -0.4 is 4.74 Å². The zero-order valence-corrected chi connectivity index (χ0v) is 17.0. The van der Waals surface area contributed by atoms with E-state index in [1.807, 2.05) is 72.9 Å². The summed E-state index contributed by atoms with van der Waals surface area (Å²) in [5.41, 5.74) is 2.32. The van der Waals surface area contributed by atoms with Gasteiger partial charge in [0.2, 0.25) is 0 Å². The van der Waals surface area contributed by atoms with Crippen molar-refractivity contribution in [3.8, 4) is 11.5 Å². The third-order valence-electron chi connectivity index (χ3n) is 4.88. The zero-order valence-electron chi connectivity index (χ0n) is 16.2. The minimum atomic E-state index is 0.783. The molecule has 0 amide bonds. The lowest BCUT2D eigenvalue weighted by Crippen LogP contribution is -2.43. The maximum Gasteiger partial charge on any atom is 0.128 e. The van der Waals surface area contributed by atoms with Gasteiger partial charge in [-0.15, -0.1) is 0 Å². The standard InChI is InChI=1S/C24H24ClN3O/c25-22-11-9-20(10-12-22)19-27-13-15-28(16-14-27)26-18-21-5-4-8-24(17-21)29-23-6-2-1-3-7-23/h1-12,17-18H,13-16,19H2. The Morgan fingerprint density at radius 1 is 0.828 bits per heavy atom. The van der Waals surface area contributed by atoms with Gasteiger partial charge in [0.15, 0.2) is 0 Å². The lowest BCUT2D eigenvalue weighted by Gasteiger charge is -2.33. The molecule has 3 aromatic carbocycles. The molecule has 1 heterocycles. The van der Waals surface area contributed by atoms with Crippen molar-refractivity contribution in [1.82, 2.24) is 9.91 Å². The van der Waals surface area contributed by atoms with Crippen LogP contribution in [-0.4, -0.2) is 42.3 Å². The van der Waals surface area contributed by atoms with Gasteiger partial charge in [0.1, 0.15) is 11.5 Å². The van der Waals surface area contributed by atoms with Crippen molar-refractivity contribution in [3.63, 3.8) is 0 Å². The normalized spacial score (nSPS) is 15.0. The van der Waals surface area contributed by atoms with Crippen LogP contribution in [0.4, 0.5) is 0 Å². The molecule has 1 aliphatic rings. The highest BCUT2D eigenvalue weighted by molar-refractivity contribution is 6.30. The number of halogens is 1. The van der Waals surface area contributed by atoms with Crippen molar-refractivity contribution >= 4 is 17.8 Å². The van der Waals surface area contributed by atoms with Gasteiger partial charge >= 0.3 is 0 Å². The number of para-hydroxylation sites is 1. The van der Waals surface area contributed by atoms with Crippen molar-refractivity contribution in [3.05, 3.63) is 95.0 Å². The van der Waals surface area contributed by atoms with E-state index in [9.17, 15) is 0 Å². The zero-order chi connectivity index (χ0) is 19.9. The van der Waals surface area contributed by atoms with Crippen molar-refractivity contribution in [1.29, 1.82) is 0 Å². The summed E-state index contributed by atoms with van der Waals surface area (Å²) in [4.78, 5) is 2.45. The molecular weight excluding hydrogens is 382 g/mol. The second kappa shape index (κ2) is 9.59.